The maximum absolute atomic E-state index is 6.18. The highest BCUT2D eigenvalue weighted by atomic mass is 16.5. The average molecular weight is 270 g/mol. The van der Waals surface area contributed by atoms with Gasteiger partial charge in [-0.25, -0.2) is 0 Å². The van der Waals surface area contributed by atoms with E-state index in [4.69, 9.17) is 15.2 Å². The first-order valence-corrected chi connectivity index (χ1v) is 7.71. The number of ether oxygens (including phenoxy) is 2. The number of hydrogen-bond acceptors (Lipinski definition) is 4. The summed E-state index contributed by atoms with van der Waals surface area (Å²) < 4.78 is 11.5. The summed E-state index contributed by atoms with van der Waals surface area (Å²) in [6.45, 7) is 8.24. The van der Waals surface area contributed by atoms with Gasteiger partial charge in [0, 0.05) is 32.3 Å². The van der Waals surface area contributed by atoms with Crippen molar-refractivity contribution in [1.82, 2.24) is 4.90 Å². The van der Waals surface area contributed by atoms with E-state index in [0.29, 0.717) is 18.1 Å². The molecule has 2 aliphatic rings. The van der Waals surface area contributed by atoms with Crippen LogP contribution in [0.2, 0.25) is 0 Å². The standard InChI is InChI=1S/C15H30N2O2/c1-12(2)14-9-15(11-16,6-8-19-14)17-7-4-5-13(10-17)18-3/h12-14H,4-11,16H2,1-3H3. The van der Waals surface area contributed by atoms with Gasteiger partial charge in [0.15, 0.2) is 0 Å². The molecule has 3 atom stereocenters. The van der Waals surface area contributed by atoms with Crippen LogP contribution in [0.15, 0.2) is 0 Å². The molecule has 0 amide bonds. The van der Waals surface area contributed by atoms with Gasteiger partial charge in [-0.2, -0.15) is 0 Å². The molecule has 112 valence electrons. The Morgan fingerprint density at radius 2 is 2.26 bits per heavy atom. The Bertz CT molecular complexity index is 285. The third kappa shape index (κ3) is 3.30. The van der Waals surface area contributed by atoms with Crippen molar-refractivity contribution in [3.8, 4) is 0 Å². The molecule has 0 aromatic heterocycles. The van der Waals surface area contributed by atoms with E-state index < -0.39 is 0 Å². The highest BCUT2D eigenvalue weighted by molar-refractivity contribution is 4.98. The quantitative estimate of drug-likeness (QED) is 0.843. The minimum atomic E-state index is 0.129. The first-order valence-electron chi connectivity index (χ1n) is 7.71. The van der Waals surface area contributed by atoms with Crippen LogP contribution in [0.5, 0.6) is 0 Å². The Balaban J connectivity index is 2.08. The fraction of sp³-hybridized carbons (Fsp3) is 1.00. The van der Waals surface area contributed by atoms with Crippen molar-refractivity contribution in [2.75, 3.05) is 33.4 Å². The summed E-state index contributed by atoms with van der Waals surface area (Å²) >= 11 is 0. The fourth-order valence-corrected chi connectivity index (χ4v) is 3.53. The van der Waals surface area contributed by atoms with Gasteiger partial charge in [0.2, 0.25) is 0 Å². The number of nitrogens with two attached hydrogens (primary N) is 1. The highest BCUT2D eigenvalue weighted by Gasteiger charge is 2.43. The summed E-state index contributed by atoms with van der Waals surface area (Å²) in [5.74, 6) is 0.564. The zero-order chi connectivity index (χ0) is 13.9. The molecule has 2 fully saturated rings. The maximum atomic E-state index is 6.18. The zero-order valence-corrected chi connectivity index (χ0v) is 12.7. The number of rotatable bonds is 4. The molecule has 2 rings (SSSR count). The summed E-state index contributed by atoms with van der Waals surface area (Å²) in [5, 5.41) is 0. The highest BCUT2D eigenvalue weighted by Crippen LogP contribution is 2.35. The summed E-state index contributed by atoms with van der Waals surface area (Å²) in [7, 11) is 1.82. The third-order valence-corrected chi connectivity index (χ3v) is 4.99. The molecule has 19 heavy (non-hydrogen) atoms. The largest absolute Gasteiger partial charge is 0.380 e. The first kappa shape index (κ1) is 15.2. The third-order valence-electron chi connectivity index (χ3n) is 4.99. The fourth-order valence-electron chi connectivity index (χ4n) is 3.53. The van der Waals surface area contributed by atoms with E-state index in [1.165, 1.54) is 12.8 Å². The number of piperidine rings is 1. The second-order valence-electron chi connectivity index (χ2n) is 6.48. The minimum absolute atomic E-state index is 0.129. The Labute approximate surface area is 117 Å². The lowest BCUT2D eigenvalue weighted by Crippen LogP contribution is -2.62. The van der Waals surface area contributed by atoms with E-state index in [-0.39, 0.29) is 5.54 Å². The van der Waals surface area contributed by atoms with Gasteiger partial charge in [-0.15, -0.1) is 0 Å². The molecule has 0 aromatic rings. The molecule has 2 heterocycles. The van der Waals surface area contributed by atoms with Crippen LogP contribution in [0.3, 0.4) is 0 Å². The summed E-state index contributed by atoms with van der Waals surface area (Å²) in [4.78, 5) is 2.59. The van der Waals surface area contributed by atoms with E-state index >= 15 is 0 Å². The van der Waals surface area contributed by atoms with Crippen LogP contribution in [0.1, 0.15) is 39.5 Å². The van der Waals surface area contributed by atoms with Gasteiger partial charge < -0.3 is 15.2 Å². The monoisotopic (exact) mass is 270 g/mol. The van der Waals surface area contributed by atoms with Gasteiger partial charge in [0.25, 0.3) is 0 Å². The van der Waals surface area contributed by atoms with Crippen LogP contribution in [-0.2, 0) is 9.47 Å². The second-order valence-corrected chi connectivity index (χ2v) is 6.48. The number of likely N-dealkylation sites (tertiary alicyclic amines) is 1. The van der Waals surface area contributed by atoms with Crippen molar-refractivity contribution >= 4 is 0 Å². The molecule has 4 nitrogen and oxygen atoms in total. The van der Waals surface area contributed by atoms with Crippen molar-refractivity contribution < 1.29 is 9.47 Å². The van der Waals surface area contributed by atoms with Gasteiger partial charge >= 0.3 is 0 Å². The van der Waals surface area contributed by atoms with Crippen molar-refractivity contribution in [2.45, 2.75) is 57.3 Å². The number of nitrogens with zero attached hydrogens (tertiary/aromatic N) is 1. The van der Waals surface area contributed by atoms with E-state index in [2.05, 4.69) is 18.7 Å². The molecule has 2 N–H and O–H groups in total. The van der Waals surface area contributed by atoms with Crippen molar-refractivity contribution in [2.24, 2.45) is 11.7 Å². The normalized spacial score (nSPS) is 37.7. The molecule has 0 aliphatic carbocycles. The van der Waals surface area contributed by atoms with Gasteiger partial charge in [0.1, 0.15) is 0 Å². The van der Waals surface area contributed by atoms with E-state index in [1.54, 1.807) is 0 Å². The van der Waals surface area contributed by atoms with Gasteiger partial charge in [-0.1, -0.05) is 13.8 Å². The molecule has 4 heteroatoms. The summed E-state index contributed by atoms with van der Waals surface area (Å²) in [6.07, 6.45) is 5.24. The topological polar surface area (TPSA) is 47.7 Å². The molecule has 2 aliphatic heterocycles. The Morgan fingerprint density at radius 1 is 1.47 bits per heavy atom. The van der Waals surface area contributed by atoms with Crippen molar-refractivity contribution in [3.63, 3.8) is 0 Å². The van der Waals surface area contributed by atoms with Crippen molar-refractivity contribution in [1.29, 1.82) is 0 Å². The lowest BCUT2D eigenvalue weighted by molar-refractivity contribution is -0.105. The summed E-state index contributed by atoms with van der Waals surface area (Å²) in [5.41, 5.74) is 6.31. The lowest BCUT2D eigenvalue weighted by Gasteiger charge is -2.51. The molecular weight excluding hydrogens is 240 g/mol. The molecule has 0 spiro atoms. The second kappa shape index (κ2) is 6.53. The SMILES string of the molecule is COC1CCCN(C2(CN)CCOC(C(C)C)C2)C1. The molecule has 0 saturated carbocycles. The smallest absolute Gasteiger partial charge is 0.0698 e. The predicted molar refractivity (Wildman–Crippen MR) is 77.2 cm³/mol. The van der Waals surface area contributed by atoms with Gasteiger partial charge in [0.05, 0.1) is 12.2 Å². The number of hydrogen-bond donors (Lipinski definition) is 1. The average Bonchev–Trinajstić information content (AvgIpc) is 2.47. The first-order chi connectivity index (χ1) is 9.11. The maximum Gasteiger partial charge on any atom is 0.0698 e. The van der Waals surface area contributed by atoms with E-state index in [9.17, 15) is 0 Å². The van der Waals surface area contributed by atoms with E-state index in [0.717, 1.165) is 39.1 Å². The Morgan fingerprint density at radius 3 is 2.89 bits per heavy atom. The van der Waals surface area contributed by atoms with Crippen LogP contribution in [0.4, 0.5) is 0 Å². The summed E-state index contributed by atoms with van der Waals surface area (Å²) in [6, 6.07) is 0. The Kier molecular flexibility index (Phi) is 5.23. The molecule has 0 radical (unpaired) electrons. The molecular formula is C15H30N2O2. The van der Waals surface area contributed by atoms with Crippen LogP contribution < -0.4 is 5.73 Å². The predicted octanol–water partition coefficient (Wildman–Crippen LogP) is 1.63. The van der Waals surface area contributed by atoms with Crippen LogP contribution in [0, 0.1) is 5.92 Å². The van der Waals surface area contributed by atoms with Crippen LogP contribution in [-0.4, -0.2) is 56.0 Å². The molecule has 0 bridgehead atoms. The van der Waals surface area contributed by atoms with Crippen molar-refractivity contribution in [3.05, 3.63) is 0 Å². The zero-order valence-electron chi connectivity index (χ0n) is 12.7. The molecule has 3 unspecified atom stereocenters. The van der Waals surface area contributed by atoms with Gasteiger partial charge in [-0.05, 0) is 38.1 Å². The molecule has 0 aromatic carbocycles. The lowest BCUT2D eigenvalue weighted by atomic mass is 9.80. The van der Waals surface area contributed by atoms with Gasteiger partial charge in [-0.3, -0.25) is 4.90 Å². The molecule has 2 saturated heterocycles. The Hall–Kier alpha value is -0.160. The number of methoxy groups -OCH3 is 1. The van der Waals surface area contributed by atoms with E-state index in [1.807, 2.05) is 7.11 Å². The van der Waals surface area contributed by atoms with Crippen LogP contribution >= 0.6 is 0 Å². The van der Waals surface area contributed by atoms with Crippen LogP contribution in [0.25, 0.3) is 0 Å². The minimum Gasteiger partial charge on any atom is -0.380 e.